The minimum Gasteiger partial charge on any atom is -0.467 e. The van der Waals surface area contributed by atoms with Crippen LogP contribution in [0.15, 0.2) is 18.2 Å². The van der Waals surface area contributed by atoms with Crippen LogP contribution in [0.2, 0.25) is 0 Å². The first kappa shape index (κ1) is 14.9. The van der Waals surface area contributed by atoms with Crippen molar-refractivity contribution in [2.75, 3.05) is 17.9 Å². The number of hydrogen-bond donors (Lipinski definition) is 3. The normalized spacial score (nSPS) is 11.9. The van der Waals surface area contributed by atoms with Crippen LogP contribution < -0.4 is 21.3 Å². The molecule has 1 atom stereocenters. The van der Waals surface area contributed by atoms with E-state index in [1.807, 2.05) is 13.0 Å². The molecule has 0 aliphatic rings. The van der Waals surface area contributed by atoms with Crippen molar-refractivity contribution < 1.29 is 9.13 Å². The number of anilines is 2. The van der Waals surface area contributed by atoms with Gasteiger partial charge in [0.25, 0.3) is 0 Å². The van der Waals surface area contributed by atoms with Gasteiger partial charge in [-0.1, -0.05) is 12.1 Å². The van der Waals surface area contributed by atoms with E-state index < -0.39 is 0 Å². The predicted octanol–water partition coefficient (Wildman–Crippen LogP) is 1.79. The third kappa shape index (κ3) is 3.54. The molecule has 0 fully saturated rings. The van der Waals surface area contributed by atoms with E-state index in [0.29, 0.717) is 5.56 Å². The average molecular weight is 292 g/mol. The largest absolute Gasteiger partial charge is 0.467 e. The number of methoxy groups -OCH3 is 1. The second kappa shape index (κ2) is 6.31. The van der Waals surface area contributed by atoms with Gasteiger partial charge in [0.15, 0.2) is 0 Å². The molecule has 0 saturated heterocycles. The number of hydrazine groups is 1. The van der Waals surface area contributed by atoms with Gasteiger partial charge < -0.3 is 10.1 Å². The van der Waals surface area contributed by atoms with Crippen LogP contribution in [0.1, 0.15) is 24.1 Å². The smallest absolute Gasteiger partial charge is 0.322 e. The number of benzene rings is 1. The first-order valence-electron chi connectivity index (χ1n) is 6.32. The van der Waals surface area contributed by atoms with Crippen molar-refractivity contribution in [3.63, 3.8) is 0 Å². The summed E-state index contributed by atoms with van der Waals surface area (Å²) in [4.78, 5) is 12.0. The summed E-state index contributed by atoms with van der Waals surface area (Å²) in [7, 11) is 1.44. The molecule has 8 heteroatoms. The summed E-state index contributed by atoms with van der Waals surface area (Å²) in [5.41, 5.74) is 3.71. The number of nitrogens with one attached hydrogen (secondary N) is 2. The van der Waals surface area contributed by atoms with Crippen LogP contribution in [0.25, 0.3) is 0 Å². The number of nitrogens with two attached hydrogens (primary N) is 1. The number of halogens is 1. The molecular weight excluding hydrogens is 275 g/mol. The maximum absolute atomic E-state index is 13.6. The molecule has 0 amide bonds. The summed E-state index contributed by atoms with van der Waals surface area (Å²) < 4.78 is 18.6. The lowest BCUT2D eigenvalue weighted by atomic mass is 10.1. The fourth-order valence-electron chi connectivity index (χ4n) is 1.73. The molecule has 112 valence electrons. The van der Waals surface area contributed by atoms with E-state index in [1.165, 1.54) is 13.2 Å². The van der Waals surface area contributed by atoms with Gasteiger partial charge in [0.1, 0.15) is 5.82 Å². The molecule has 0 aliphatic heterocycles. The van der Waals surface area contributed by atoms with Gasteiger partial charge in [-0.3, -0.25) is 5.43 Å². The van der Waals surface area contributed by atoms with Crippen molar-refractivity contribution in [1.82, 2.24) is 15.0 Å². The van der Waals surface area contributed by atoms with E-state index in [9.17, 15) is 4.39 Å². The highest BCUT2D eigenvalue weighted by atomic mass is 19.1. The van der Waals surface area contributed by atoms with E-state index in [0.717, 1.165) is 5.56 Å². The Bertz CT molecular complexity index is 614. The molecule has 1 unspecified atom stereocenters. The van der Waals surface area contributed by atoms with Gasteiger partial charge in [0.05, 0.1) is 13.2 Å². The summed E-state index contributed by atoms with van der Waals surface area (Å²) in [5.74, 6) is 5.49. The molecule has 0 aliphatic carbocycles. The van der Waals surface area contributed by atoms with Crippen molar-refractivity contribution >= 4 is 11.9 Å². The Morgan fingerprint density at radius 2 is 1.95 bits per heavy atom. The van der Waals surface area contributed by atoms with E-state index >= 15 is 0 Å². The number of hydrogen-bond acceptors (Lipinski definition) is 7. The summed E-state index contributed by atoms with van der Waals surface area (Å²) >= 11 is 0. The molecule has 1 heterocycles. The molecule has 2 rings (SSSR count). The number of nitrogens with zero attached hydrogens (tertiary/aromatic N) is 3. The van der Waals surface area contributed by atoms with E-state index in [2.05, 4.69) is 25.7 Å². The molecule has 4 N–H and O–H groups in total. The van der Waals surface area contributed by atoms with Crippen LogP contribution >= 0.6 is 0 Å². The molecular formula is C13H17FN6O. The molecule has 1 aromatic heterocycles. The molecule has 2 aromatic rings. The fourth-order valence-corrected chi connectivity index (χ4v) is 1.73. The Morgan fingerprint density at radius 3 is 2.57 bits per heavy atom. The Labute approximate surface area is 121 Å². The quantitative estimate of drug-likeness (QED) is 0.571. The predicted molar refractivity (Wildman–Crippen MR) is 77.4 cm³/mol. The topological polar surface area (TPSA) is 98.0 Å². The standard InChI is InChI=1S/C13H17FN6O/c1-7-4-5-9(6-10(7)14)8(2)16-11-17-12(20-15)19-13(18-11)21-3/h4-6,8H,15H2,1-3H3,(H2,16,17,18,19,20). The van der Waals surface area contributed by atoms with Gasteiger partial charge in [-0.05, 0) is 31.0 Å². The third-order valence-electron chi connectivity index (χ3n) is 2.97. The molecule has 7 nitrogen and oxygen atoms in total. The average Bonchev–Trinajstić information content (AvgIpc) is 2.49. The van der Waals surface area contributed by atoms with Crippen molar-refractivity contribution in [1.29, 1.82) is 0 Å². The number of ether oxygens (including phenoxy) is 1. The maximum atomic E-state index is 13.6. The van der Waals surface area contributed by atoms with Crippen molar-refractivity contribution in [3.05, 3.63) is 35.1 Å². The van der Waals surface area contributed by atoms with Crippen LogP contribution in [-0.2, 0) is 0 Å². The minimum atomic E-state index is -0.251. The van der Waals surface area contributed by atoms with E-state index in [-0.39, 0.29) is 29.8 Å². The molecule has 0 saturated carbocycles. The zero-order valence-corrected chi connectivity index (χ0v) is 12.0. The number of rotatable bonds is 5. The minimum absolute atomic E-state index is 0.128. The maximum Gasteiger partial charge on any atom is 0.322 e. The molecule has 0 bridgehead atoms. The van der Waals surface area contributed by atoms with Gasteiger partial charge in [-0.25, -0.2) is 10.2 Å². The second-order valence-corrected chi connectivity index (χ2v) is 4.49. The first-order valence-corrected chi connectivity index (χ1v) is 6.32. The van der Waals surface area contributed by atoms with Gasteiger partial charge in [-0.15, -0.1) is 0 Å². The molecule has 0 radical (unpaired) electrons. The fraction of sp³-hybridized carbons (Fsp3) is 0.308. The van der Waals surface area contributed by atoms with Crippen LogP contribution in [0.3, 0.4) is 0 Å². The first-order chi connectivity index (χ1) is 10.0. The molecule has 1 aromatic carbocycles. The van der Waals surface area contributed by atoms with Crippen molar-refractivity contribution in [3.8, 4) is 6.01 Å². The Morgan fingerprint density at radius 1 is 1.24 bits per heavy atom. The highest BCUT2D eigenvalue weighted by molar-refractivity contribution is 5.38. The van der Waals surface area contributed by atoms with Crippen molar-refractivity contribution in [2.24, 2.45) is 5.84 Å². The van der Waals surface area contributed by atoms with Crippen LogP contribution in [0.4, 0.5) is 16.3 Å². The monoisotopic (exact) mass is 292 g/mol. The summed E-state index contributed by atoms with van der Waals surface area (Å²) in [6.07, 6.45) is 0. The third-order valence-corrected chi connectivity index (χ3v) is 2.97. The Hall–Kier alpha value is -2.48. The Balaban J connectivity index is 2.22. The second-order valence-electron chi connectivity index (χ2n) is 4.49. The van der Waals surface area contributed by atoms with Crippen LogP contribution in [-0.4, -0.2) is 22.1 Å². The highest BCUT2D eigenvalue weighted by Gasteiger charge is 2.11. The lowest BCUT2D eigenvalue weighted by Gasteiger charge is -2.15. The van der Waals surface area contributed by atoms with Gasteiger partial charge in [0, 0.05) is 0 Å². The molecule has 0 spiro atoms. The number of aromatic nitrogens is 3. The Kier molecular flexibility index (Phi) is 4.49. The SMILES string of the molecule is COc1nc(NN)nc(NC(C)c2ccc(C)c(F)c2)n1. The number of aryl methyl sites for hydroxylation is 1. The van der Waals surface area contributed by atoms with E-state index in [4.69, 9.17) is 10.6 Å². The summed E-state index contributed by atoms with van der Waals surface area (Å²) in [6.45, 7) is 3.59. The van der Waals surface area contributed by atoms with E-state index in [1.54, 1.807) is 13.0 Å². The summed E-state index contributed by atoms with van der Waals surface area (Å²) in [6, 6.07) is 4.98. The zero-order chi connectivity index (χ0) is 15.4. The van der Waals surface area contributed by atoms with Crippen LogP contribution in [0.5, 0.6) is 6.01 Å². The summed E-state index contributed by atoms with van der Waals surface area (Å²) in [5, 5.41) is 3.05. The molecule has 21 heavy (non-hydrogen) atoms. The lowest BCUT2D eigenvalue weighted by molar-refractivity contribution is 0.379. The number of nitrogen functional groups attached to an aromatic ring is 1. The lowest BCUT2D eigenvalue weighted by Crippen LogP contribution is -2.15. The zero-order valence-electron chi connectivity index (χ0n) is 12.0. The van der Waals surface area contributed by atoms with Gasteiger partial charge in [0.2, 0.25) is 11.9 Å². The van der Waals surface area contributed by atoms with Gasteiger partial charge >= 0.3 is 6.01 Å². The van der Waals surface area contributed by atoms with Crippen molar-refractivity contribution in [2.45, 2.75) is 19.9 Å². The van der Waals surface area contributed by atoms with Crippen LogP contribution in [0, 0.1) is 12.7 Å². The van der Waals surface area contributed by atoms with Gasteiger partial charge in [-0.2, -0.15) is 15.0 Å². The highest BCUT2D eigenvalue weighted by Crippen LogP contribution is 2.20.